The molecule has 0 bridgehead atoms. The van der Waals surface area contributed by atoms with Gasteiger partial charge in [-0.25, -0.2) is 13.8 Å². The minimum atomic E-state index is -0.513. The van der Waals surface area contributed by atoms with Gasteiger partial charge in [-0.1, -0.05) is 25.5 Å². The van der Waals surface area contributed by atoms with E-state index in [1.807, 2.05) is 6.92 Å². The largest absolute Gasteiger partial charge is 0.337 e. The topological polar surface area (TPSA) is 112 Å². The summed E-state index contributed by atoms with van der Waals surface area (Å²) in [5, 5.41) is 10.4. The Kier molecular flexibility index (Phi) is 6.28. The first kappa shape index (κ1) is 24.4. The zero-order valence-corrected chi connectivity index (χ0v) is 20.9. The van der Waals surface area contributed by atoms with E-state index in [9.17, 15) is 9.18 Å². The summed E-state index contributed by atoms with van der Waals surface area (Å²) in [6.07, 6.45) is 6.93. The minimum Gasteiger partial charge on any atom is -0.337 e. The summed E-state index contributed by atoms with van der Waals surface area (Å²) in [4.78, 5) is 28.8. The Labute approximate surface area is 221 Å². The number of nitrogens with one attached hydrogen (secondary N) is 3. The van der Waals surface area contributed by atoms with Crippen molar-refractivity contribution in [2.45, 2.75) is 26.2 Å². The van der Waals surface area contributed by atoms with Gasteiger partial charge in [-0.3, -0.25) is 19.9 Å². The van der Waals surface area contributed by atoms with Crippen molar-refractivity contribution in [3.8, 4) is 33.9 Å². The number of unbranched alkanes of at least 4 members (excludes halogenated alkanes) is 1. The van der Waals surface area contributed by atoms with Crippen LogP contribution in [0.1, 0.15) is 26.2 Å². The molecule has 0 saturated carbocycles. The number of hydrogen-bond acceptors (Lipinski definition) is 5. The second kappa shape index (κ2) is 10.1. The van der Waals surface area contributed by atoms with E-state index in [1.165, 1.54) is 18.2 Å². The van der Waals surface area contributed by atoms with Crippen molar-refractivity contribution in [1.82, 2.24) is 30.1 Å². The zero-order valence-electron chi connectivity index (χ0n) is 20.9. The first-order valence-corrected chi connectivity index (χ1v) is 12.5. The van der Waals surface area contributed by atoms with Crippen molar-refractivity contribution in [2.24, 2.45) is 0 Å². The number of H-pyrrole nitrogens is 2. The van der Waals surface area contributed by atoms with Gasteiger partial charge in [0.05, 0.1) is 23.1 Å². The average molecular weight is 524 g/mol. The molecule has 1 amide bonds. The molecule has 4 heterocycles. The number of aromatic nitrogens is 6. The molecule has 6 aromatic rings. The molecule has 4 aromatic heterocycles. The van der Waals surface area contributed by atoms with E-state index < -0.39 is 5.82 Å². The molecular weight excluding hydrogens is 500 g/mol. The van der Waals surface area contributed by atoms with Gasteiger partial charge in [-0.05, 0) is 48.4 Å². The molecule has 0 atom stereocenters. The van der Waals surface area contributed by atoms with Crippen LogP contribution in [0.3, 0.4) is 0 Å². The van der Waals surface area contributed by atoms with Crippen LogP contribution in [0, 0.1) is 11.6 Å². The average Bonchev–Trinajstić information content (AvgIpc) is 3.56. The first-order chi connectivity index (χ1) is 19.0. The van der Waals surface area contributed by atoms with E-state index in [4.69, 9.17) is 4.98 Å². The number of rotatable bonds is 7. The molecule has 6 rings (SSSR count). The highest BCUT2D eigenvalue weighted by molar-refractivity contribution is 5.98. The lowest BCUT2D eigenvalue weighted by Gasteiger charge is -2.08. The number of hydrogen-bond donors (Lipinski definition) is 3. The predicted molar refractivity (Wildman–Crippen MR) is 146 cm³/mol. The van der Waals surface area contributed by atoms with Crippen LogP contribution in [-0.2, 0) is 4.79 Å². The van der Waals surface area contributed by atoms with Gasteiger partial charge in [0.15, 0.2) is 11.6 Å². The summed E-state index contributed by atoms with van der Waals surface area (Å²) in [6, 6.07) is 12.9. The Balaban J connectivity index is 1.40. The number of imidazole rings is 1. The van der Waals surface area contributed by atoms with Crippen molar-refractivity contribution in [3.05, 3.63) is 78.8 Å². The van der Waals surface area contributed by atoms with Crippen LogP contribution in [0.15, 0.2) is 67.1 Å². The molecule has 0 saturated heterocycles. The maximum Gasteiger partial charge on any atom is 0.224 e. The molecule has 0 aliphatic carbocycles. The highest BCUT2D eigenvalue weighted by atomic mass is 19.1. The van der Waals surface area contributed by atoms with Gasteiger partial charge < -0.3 is 10.3 Å². The number of nitrogens with zero attached hydrogens (tertiary/aromatic N) is 4. The van der Waals surface area contributed by atoms with E-state index in [1.54, 1.807) is 48.9 Å². The molecule has 10 heteroatoms. The Morgan fingerprint density at radius 2 is 1.90 bits per heavy atom. The fraction of sp³-hybridized carbons (Fsp3) is 0.138. The molecule has 0 fully saturated rings. The number of pyridine rings is 2. The van der Waals surface area contributed by atoms with E-state index in [-0.39, 0.29) is 17.2 Å². The molecule has 2 aromatic carbocycles. The molecule has 0 aliphatic heterocycles. The van der Waals surface area contributed by atoms with Crippen LogP contribution in [-0.4, -0.2) is 36.0 Å². The summed E-state index contributed by atoms with van der Waals surface area (Å²) in [5.74, 6) is -0.541. The molecule has 194 valence electrons. The summed E-state index contributed by atoms with van der Waals surface area (Å²) >= 11 is 0. The number of aromatic amines is 2. The smallest absolute Gasteiger partial charge is 0.224 e. The van der Waals surface area contributed by atoms with Crippen molar-refractivity contribution in [3.63, 3.8) is 0 Å². The fourth-order valence-corrected chi connectivity index (χ4v) is 4.55. The quantitative estimate of drug-likeness (QED) is 0.217. The molecule has 0 spiro atoms. The van der Waals surface area contributed by atoms with Gasteiger partial charge >= 0.3 is 0 Å². The van der Waals surface area contributed by atoms with Crippen molar-refractivity contribution < 1.29 is 13.6 Å². The molecule has 0 aliphatic rings. The van der Waals surface area contributed by atoms with E-state index in [2.05, 4.69) is 30.5 Å². The summed E-state index contributed by atoms with van der Waals surface area (Å²) in [7, 11) is 0. The van der Waals surface area contributed by atoms with Gasteiger partial charge in [0.2, 0.25) is 5.91 Å². The Bertz CT molecular complexity index is 1840. The van der Waals surface area contributed by atoms with Gasteiger partial charge in [0.25, 0.3) is 0 Å². The first-order valence-electron chi connectivity index (χ1n) is 12.5. The van der Waals surface area contributed by atoms with Crippen LogP contribution in [0.4, 0.5) is 14.5 Å². The lowest BCUT2D eigenvalue weighted by atomic mass is 10.0. The fourth-order valence-electron chi connectivity index (χ4n) is 4.55. The van der Waals surface area contributed by atoms with Crippen LogP contribution in [0.2, 0.25) is 0 Å². The monoisotopic (exact) mass is 523 g/mol. The van der Waals surface area contributed by atoms with E-state index >= 15 is 4.39 Å². The van der Waals surface area contributed by atoms with Gasteiger partial charge in [0.1, 0.15) is 22.5 Å². The minimum absolute atomic E-state index is 0.0912. The second-order valence-electron chi connectivity index (χ2n) is 9.22. The standard InChI is InChI=1S/C29H23F2N7O/c1-2-3-7-24(39)34-20-11-18(14-32-15-20)17-12-21-26(22(31)13-17)37-38-27(21)29-35-23-8-9-33-25(28(23)36-29)16-5-4-6-19(30)10-16/h4-6,8-15H,2-3,7H2,1H3,(H,34,39)(H,35,36)(H,37,38). The Morgan fingerprint density at radius 1 is 1.00 bits per heavy atom. The maximum atomic E-state index is 15.2. The normalized spacial score (nSPS) is 11.4. The lowest BCUT2D eigenvalue weighted by molar-refractivity contribution is -0.116. The Hall–Kier alpha value is -4.99. The summed E-state index contributed by atoms with van der Waals surface area (Å²) in [5.41, 5.74) is 4.75. The number of halogens is 2. The number of carbonyl (C=O) groups excluding carboxylic acids is 1. The number of benzene rings is 2. The number of carbonyl (C=O) groups is 1. The highest BCUT2D eigenvalue weighted by Gasteiger charge is 2.18. The van der Waals surface area contributed by atoms with Gasteiger partial charge in [-0.2, -0.15) is 5.10 Å². The third-order valence-electron chi connectivity index (χ3n) is 6.46. The van der Waals surface area contributed by atoms with Gasteiger partial charge in [-0.15, -0.1) is 0 Å². The molecule has 39 heavy (non-hydrogen) atoms. The number of fused-ring (bicyclic) bond motifs is 2. The lowest BCUT2D eigenvalue weighted by Crippen LogP contribution is -2.11. The molecule has 0 radical (unpaired) electrons. The van der Waals surface area contributed by atoms with Crippen molar-refractivity contribution in [1.29, 1.82) is 0 Å². The summed E-state index contributed by atoms with van der Waals surface area (Å²) in [6.45, 7) is 2.02. The third-order valence-corrected chi connectivity index (χ3v) is 6.46. The second-order valence-corrected chi connectivity index (χ2v) is 9.22. The van der Waals surface area contributed by atoms with Crippen LogP contribution >= 0.6 is 0 Å². The third kappa shape index (κ3) is 4.72. The van der Waals surface area contributed by atoms with Gasteiger partial charge in [0, 0.05) is 35.3 Å². The van der Waals surface area contributed by atoms with Crippen molar-refractivity contribution in [2.75, 3.05) is 5.32 Å². The van der Waals surface area contributed by atoms with Crippen LogP contribution < -0.4 is 5.32 Å². The van der Waals surface area contributed by atoms with Crippen LogP contribution in [0.25, 0.3) is 55.8 Å². The predicted octanol–water partition coefficient (Wildman–Crippen LogP) is 6.64. The van der Waals surface area contributed by atoms with E-state index in [0.717, 1.165) is 12.8 Å². The van der Waals surface area contributed by atoms with Crippen LogP contribution in [0.5, 0.6) is 0 Å². The molecule has 8 nitrogen and oxygen atoms in total. The molecule has 3 N–H and O–H groups in total. The highest BCUT2D eigenvalue weighted by Crippen LogP contribution is 2.34. The number of anilines is 1. The maximum absolute atomic E-state index is 15.2. The number of amides is 1. The molecular formula is C29H23F2N7O. The summed E-state index contributed by atoms with van der Waals surface area (Å²) < 4.78 is 29.1. The van der Waals surface area contributed by atoms with E-state index in [0.29, 0.717) is 62.4 Å². The molecule has 0 unspecified atom stereocenters. The Morgan fingerprint density at radius 3 is 2.74 bits per heavy atom. The zero-order chi connectivity index (χ0) is 26.9. The van der Waals surface area contributed by atoms with Crippen molar-refractivity contribution >= 4 is 33.5 Å². The SMILES string of the molecule is CCCCC(=O)Nc1cncc(-c2cc(F)c3n[nH]c(-c4nc5c(-c6cccc(F)c6)nccc5[nH]4)c3c2)c1.